The first-order chi connectivity index (χ1) is 19.2. The third-order valence-electron chi connectivity index (χ3n) is 7.41. The molecule has 0 radical (unpaired) electrons. The molecule has 1 atom stereocenters. The maximum absolute atomic E-state index is 6.36. The Kier molecular flexibility index (Phi) is 7.64. The number of benzene rings is 2. The zero-order valence-corrected chi connectivity index (χ0v) is 22.9. The molecule has 2 aromatic carbocycles. The van der Waals surface area contributed by atoms with E-state index in [1.807, 2.05) is 47.3 Å². The zero-order valence-electron chi connectivity index (χ0n) is 22.2. The molecule has 10 nitrogen and oxygen atoms in total. The average molecular weight is 550 g/mol. The number of halogens is 1. The minimum absolute atomic E-state index is 0.119. The minimum Gasteiger partial charge on any atom is -0.321 e. The molecule has 2 aliphatic heterocycles. The molecular formula is C28H34ClN8O2+. The summed E-state index contributed by atoms with van der Waals surface area (Å²) in [5.41, 5.74) is 2.33. The van der Waals surface area contributed by atoms with Crippen LogP contribution in [0.5, 0.6) is 0 Å². The summed E-state index contributed by atoms with van der Waals surface area (Å²) in [4.78, 5) is 15.9. The highest BCUT2D eigenvalue weighted by atomic mass is 35.5. The molecule has 2 aromatic heterocycles. The summed E-state index contributed by atoms with van der Waals surface area (Å²) in [6.07, 6.45) is 1.56. The van der Waals surface area contributed by atoms with E-state index in [1.54, 1.807) is 0 Å². The number of piperazine rings is 2. The minimum atomic E-state index is 0.119. The van der Waals surface area contributed by atoms with Crippen molar-refractivity contribution in [1.82, 2.24) is 20.4 Å². The summed E-state index contributed by atoms with van der Waals surface area (Å²) in [7, 11) is 0. The Hall–Kier alpha value is -3.63. The molecule has 0 saturated carbocycles. The van der Waals surface area contributed by atoms with Gasteiger partial charge in [-0.05, 0) is 29.7 Å². The van der Waals surface area contributed by atoms with E-state index < -0.39 is 0 Å². The van der Waals surface area contributed by atoms with Gasteiger partial charge in [0, 0.05) is 60.0 Å². The Morgan fingerprint density at radius 2 is 1.62 bits per heavy atom. The van der Waals surface area contributed by atoms with Gasteiger partial charge in [0.2, 0.25) is 0 Å². The third-order valence-corrected chi connectivity index (χ3v) is 7.66. The monoisotopic (exact) mass is 549 g/mol. The molecule has 1 unspecified atom stereocenters. The average Bonchev–Trinajstić information content (AvgIpc) is 3.64. The largest absolute Gasteiger partial charge is 0.457 e. The standard InChI is InChI=1S/C28H34ClN8O2/c1-2-24(22-6-4-3-5-7-22)26-32-27(38-33-26)35-16-18-36(19-17-35)37-25(20-21-8-10-23(29)11-9-21)31-28(39-37)34-14-12-30-13-15-34/h3-11,24,30H,2,12-20H2,1H3/q+1. The van der Waals surface area contributed by atoms with E-state index in [0.29, 0.717) is 18.5 Å². The van der Waals surface area contributed by atoms with Gasteiger partial charge in [0.25, 0.3) is 0 Å². The highest BCUT2D eigenvalue weighted by molar-refractivity contribution is 6.30. The summed E-state index contributed by atoms with van der Waals surface area (Å²) < 4.78 is 12.1. The molecule has 204 valence electrons. The summed E-state index contributed by atoms with van der Waals surface area (Å²) in [5, 5.41) is 10.7. The topological polar surface area (TPSA) is 90.6 Å². The van der Waals surface area contributed by atoms with Crippen molar-refractivity contribution in [3.8, 4) is 0 Å². The fourth-order valence-corrected chi connectivity index (χ4v) is 5.35. The van der Waals surface area contributed by atoms with Gasteiger partial charge in [0.05, 0.1) is 19.5 Å². The second kappa shape index (κ2) is 11.6. The molecule has 0 spiro atoms. The van der Waals surface area contributed by atoms with Gasteiger partial charge >= 0.3 is 17.9 Å². The lowest BCUT2D eigenvalue weighted by atomic mass is 9.96. The number of nitrogens with one attached hydrogen (secondary N) is 1. The van der Waals surface area contributed by atoms with E-state index in [1.165, 1.54) is 5.56 Å². The smallest absolute Gasteiger partial charge is 0.321 e. The predicted molar refractivity (Wildman–Crippen MR) is 149 cm³/mol. The summed E-state index contributed by atoms with van der Waals surface area (Å²) in [5.74, 6) is 1.72. The summed E-state index contributed by atoms with van der Waals surface area (Å²) in [6, 6.07) is 19.5. The molecule has 0 bridgehead atoms. The van der Waals surface area contributed by atoms with Gasteiger partial charge in [-0.2, -0.15) is 4.98 Å². The van der Waals surface area contributed by atoms with Gasteiger partial charge < -0.3 is 14.7 Å². The normalized spacial score (nSPS) is 17.0. The van der Waals surface area contributed by atoms with Crippen LogP contribution in [0.3, 0.4) is 0 Å². The van der Waals surface area contributed by atoms with Crippen LogP contribution in [0.15, 0.2) is 63.6 Å². The fraction of sp³-hybridized carbons (Fsp3) is 0.429. The number of rotatable bonds is 8. The van der Waals surface area contributed by atoms with Crippen molar-refractivity contribution in [2.75, 3.05) is 67.2 Å². The van der Waals surface area contributed by atoms with Crippen LogP contribution in [-0.2, 0) is 6.42 Å². The van der Waals surface area contributed by atoms with Gasteiger partial charge in [0.15, 0.2) is 5.82 Å². The molecule has 6 rings (SSSR count). The predicted octanol–water partition coefficient (Wildman–Crippen LogP) is 3.00. The lowest BCUT2D eigenvalue weighted by Crippen LogP contribution is -2.65. The van der Waals surface area contributed by atoms with Gasteiger partial charge in [0.1, 0.15) is 0 Å². The number of hydrogen-bond donors (Lipinski definition) is 1. The molecular weight excluding hydrogens is 516 g/mol. The number of aromatic nitrogens is 4. The quantitative estimate of drug-likeness (QED) is 0.333. The van der Waals surface area contributed by atoms with E-state index in [2.05, 4.69) is 44.3 Å². The zero-order chi connectivity index (χ0) is 26.6. The van der Waals surface area contributed by atoms with E-state index in [-0.39, 0.29) is 5.92 Å². The molecule has 2 fully saturated rings. The van der Waals surface area contributed by atoms with Crippen LogP contribution in [0.25, 0.3) is 0 Å². The second-order valence-electron chi connectivity index (χ2n) is 9.96. The van der Waals surface area contributed by atoms with Crippen LogP contribution in [-0.4, -0.2) is 67.5 Å². The molecule has 4 heterocycles. The summed E-state index contributed by atoms with van der Waals surface area (Å²) >= 11 is 6.11. The lowest BCUT2D eigenvalue weighted by Gasteiger charge is -2.30. The second-order valence-corrected chi connectivity index (χ2v) is 10.4. The number of hydrogen-bond acceptors (Lipinski definition) is 9. The first-order valence-electron chi connectivity index (χ1n) is 13.7. The number of nitrogens with zero attached hydrogens (tertiary/aromatic N) is 7. The number of anilines is 2. The molecule has 0 amide bonds. The van der Waals surface area contributed by atoms with Crippen molar-refractivity contribution in [3.63, 3.8) is 0 Å². The highest BCUT2D eigenvalue weighted by Crippen LogP contribution is 2.27. The van der Waals surface area contributed by atoms with Crippen LogP contribution in [0.4, 0.5) is 12.0 Å². The van der Waals surface area contributed by atoms with Crippen molar-refractivity contribution in [2.45, 2.75) is 25.7 Å². The van der Waals surface area contributed by atoms with Crippen molar-refractivity contribution in [3.05, 3.63) is 82.4 Å². The van der Waals surface area contributed by atoms with Crippen LogP contribution in [0.1, 0.15) is 42.0 Å². The molecule has 39 heavy (non-hydrogen) atoms. The van der Waals surface area contributed by atoms with Crippen LogP contribution < -0.4 is 25.0 Å². The van der Waals surface area contributed by atoms with Gasteiger partial charge in [-0.15, -0.1) is 0 Å². The van der Waals surface area contributed by atoms with Gasteiger partial charge in [-0.25, -0.2) is 9.53 Å². The Bertz CT molecular complexity index is 1350. The van der Waals surface area contributed by atoms with E-state index >= 15 is 0 Å². The van der Waals surface area contributed by atoms with Crippen LogP contribution >= 0.6 is 11.6 Å². The van der Waals surface area contributed by atoms with Crippen molar-refractivity contribution >= 4 is 23.6 Å². The van der Waals surface area contributed by atoms with Crippen molar-refractivity contribution in [1.29, 1.82) is 0 Å². The lowest BCUT2D eigenvalue weighted by molar-refractivity contribution is -0.863. The highest BCUT2D eigenvalue weighted by Gasteiger charge is 2.34. The van der Waals surface area contributed by atoms with Crippen LogP contribution in [0, 0.1) is 0 Å². The first-order valence-corrected chi connectivity index (χ1v) is 14.1. The maximum Gasteiger partial charge on any atom is 0.457 e. The molecule has 1 N–H and O–H groups in total. The third kappa shape index (κ3) is 5.72. The molecule has 0 aliphatic carbocycles. The Morgan fingerprint density at radius 1 is 0.897 bits per heavy atom. The maximum atomic E-state index is 6.36. The molecule has 2 saturated heterocycles. The van der Waals surface area contributed by atoms with E-state index in [9.17, 15) is 0 Å². The van der Waals surface area contributed by atoms with Crippen molar-refractivity contribution < 1.29 is 13.9 Å². The van der Waals surface area contributed by atoms with E-state index in [4.69, 9.17) is 30.6 Å². The SMILES string of the molecule is CCC(c1ccccc1)c1noc(N2CCN([n+]3oc(N4CCNCC4)nc3Cc3ccc(Cl)cc3)CC2)n1. The molecule has 11 heteroatoms. The molecule has 4 aromatic rings. The Morgan fingerprint density at radius 3 is 2.33 bits per heavy atom. The van der Waals surface area contributed by atoms with Crippen LogP contribution in [0.2, 0.25) is 5.02 Å². The van der Waals surface area contributed by atoms with E-state index in [0.717, 1.165) is 81.0 Å². The van der Waals surface area contributed by atoms with Gasteiger partial charge in [-0.3, -0.25) is 4.90 Å². The Labute approximate surface area is 233 Å². The Balaban J connectivity index is 1.17. The van der Waals surface area contributed by atoms with Gasteiger partial charge in [-0.1, -0.05) is 66.1 Å². The fourth-order valence-electron chi connectivity index (χ4n) is 5.22. The van der Waals surface area contributed by atoms with Crippen molar-refractivity contribution in [2.24, 2.45) is 0 Å². The molecule has 2 aliphatic rings. The summed E-state index contributed by atoms with van der Waals surface area (Å²) in [6.45, 7) is 8.68. The first kappa shape index (κ1) is 25.6.